The van der Waals surface area contributed by atoms with Crippen LogP contribution >= 0.6 is 0 Å². The molecule has 0 spiro atoms. The van der Waals surface area contributed by atoms with E-state index in [0.717, 1.165) is 0 Å². The smallest absolute Gasteiger partial charge is 0.267 e. The van der Waals surface area contributed by atoms with Crippen LogP contribution in [-0.4, -0.2) is 19.4 Å². The first-order valence-corrected chi connectivity index (χ1v) is 1.88. The molecule has 31 valence electrons. The van der Waals surface area contributed by atoms with Gasteiger partial charge in [0, 0.05) is 0 Å². The van der Waals surface area contributed by atoms with Crippen LogP contribution in [0, 0.1) is 0 Å². The Hall–Kier alpha value is -0.435. The minimum Gasteiger partial charge on any atom is -0.338 e. The van der Waals surface area contributed by atoms with Crippen LogP contribution in [0.15, 0.2) is 12.2 Å². The monoisotopic (exact) mass is 81.1 g/mol. The largest absolute Gasteiger partial charge is 0.338 e. The van der Waals surface area contributed by atoms with Crippen molar-refractivity contribution in [3.63, 3.8) is 0 Å². The summed E-state index contributed by atoms with van der Waals surface area (Å²) < 4.78 is 0. The van der Waals surface area contributed by atoms with Crippen LogP contribution in [0.2, 0.25) is 0 Å². The normalized spacial score (nSPS) is 20.2. The molecule has 0 atom stereocenters. The number of hydrazine groups is 1. The van der Waals surface area contributed by atoms with Gasteiger partial charge < -0.3 is 5.43 Å². The second kappa shape index (κ2) is 1.35. The number of nitrogens with one attached hydrogen (secondary N) is 1. The Morgan fingerprint density at radius 1 is 1.83 bits per heavy atom. The van der Waals surface area contributed by atoms with E-state index >= 15 is 0 Å². The van der Waals surface area contributed by atoms with Crippen molar-refractivity contribution in [1.82, 2.24) is 10.3 Å². The zero-order chi connectivity index (χ0) is 4.41. The van der Waals surface area contributed by atoms with Gasteiger partial charge in [-0.15, -0.1) is 0 Å². The van der Waals surface area contributed by atoms with Crippen molar-refractivity contribution in [3.8, 4) is 0 Å². The van der Waals surface area contributed by atoms with Crippen molar-refractivity contribution in [3.05, 3.63) is 12.2 Å². The number of nitrogens with zero attached hydrogens (tertiary/aromatic N) is 1. The predicted octanol–water partition coefficient (Wildman–Crippen LogP) is -0.473. The van der Waals surface area contributed by atoms with Crippen LogP contribution < -0.4 is 5.43 Å². The highest BCUT2D eigenvalue weighted by Crippen LogP contribution is 1.79. The van der Waals surface area contributed by atoms with Gasteiger partial charge in [-0.05, 0) is 13.2 Å². The van der Waals surface area contributed by atoms with E-state index in [4.69, 9.17) is 0 Å². The molecule has 0 amide bonds. The standard InChI is InChI=1S/C3H6BN2/c1-6-4-2-3-5-6/h2-3,5H,1H3. The SMILES string of the molecule is CN1[B]C=CN1. The molecule has 0 unspecified atom stereocenters. The lowest BCUT2D eigenvalue weighted by molar-refractivity contribution is 0.478. The first-order chi connectivity index (χ1) is 2.89. The molecule has 0 saturated carbocycles. The molecule has 1 N–H and O–H groups in total. The Kier molecular flexibility index (Phi) is 0.840. The molecule has 1 aliphatic rings. The van der Waals surface area contributed by atoms with E-state index in [1.54, 1.807) is 0 Å². The van der Waals surface area contributed by atoms with Gasteiger partial charge in [-0.3, -0.25) is 4.92 Å². The summed E-state index contributed by atoms with van der Waals surface area (Å²) in [6.45, 7) is 0. The van der Waals surface area contributed by atoms with Crippen molar-refractivity contribution in [2.24, 2.45) is 0 Å². The summed E-state index contributed by atoms with van der Waals surface area (Å²) in [5.41, 5.74) is 2.92. The van der Waals surface area contributed by atoms with Gasteiger partial charge in [0.05, 0.1) is 0 Å². The van der Waals surface area contributed by atoms with Gasteiger partial charge in [0.15, 0.2) is 0 Å². The lowest BCUT2D eigenvalue weighted by Gasteiger charge is -2.04. The zero-order valence-electron chi connectivity index (χ0n) is 3.68. The van der Waals surface area contributed by atoms with Crippen LogP contribution in [0.1, 0.15) is 0 Å². The molecule has 0 aliphatic carbocycles. The summed E-state index contributed by atoms with van der Waals surface area (Å²) in [7, 11) is 3.89. The highest BCUT2D eigenvalue weighted by atomic mass is 15.4. The molecular weight excluding hydrogens is 74.9 g/mol. The van der Waals surface area contributed by atoms with Crippen molar-refractivity contribution >= 4 is 7.41 Å². The minimum absolute atomic E-state index is 1.88. The van der Waals surface area contributed by atoms with Crippen molar-refractivity contribution < 1.29 is 0 Å². The molecule has 0 aromatic rings. The molecule has 0 fully saturated rings. The van der Waals surface area contributed by atoms with E-state index in [1.807, 2.05) is 31.6 Å². The summed E-state index contributed by atoms with van der Waals surface area (Å²) in [6.07, 6.45) is 1.88. The molecule has 1 radical (unpaired) electrons. The topological polar surface area (TPSA) is 15.3 Å². The number of hydrogen-bond acceptors (Lipinski definition) is 2. The first kappa shape index (κ1) is 3.74. The third kappa shape index (κ3) is 0.544. The van der Waals surface area contributed by atoms with Gasteiger partial charge >= 0.3 is 0 Å². The quantitative estimate of drug-likeness (QED) is 0.396. The summed E-state index contributed by atoms with van der Waals surface area (Å²) in [4.78, 5) is 1.88. The molecule has 0 bridgehead atoms. The molecule has 1 heterocycles. The Morgan fingerprint density at radius 3 is 2.83 bits per heavy atom. The molecule has 0 saturated heterocycles. The Balaban J connectivity index is 2.32. The predicted molar refractivity (Wildman–Crippen MR) is 25.8 cm³/mol. The Labute approximate surface area is 38.1 Å². The van der Waals surface area contributed by atoms with Gasteiger partial charge in [-0.25, -0.2) is 0 Å². The number of hydrogen-bond donors (Lipinski definition) is 1. The average molecular weight is 80.9 g/mol. The van der Waals surface area contributed by atoms with E-state index in [0.29, 0.717) is 0 Å². The molecule has 1 rings (SSSR count). The highest BCUT2D eigenvalue weighted by molar-refractivity contribution is 6.39. The molecule has 1 aliphatic heterocycles. The van der Waals surface area contributed by atoms with E-state index < -0.39 is 0 Å². The maximum Gasteiger partial charge on any atom is 0.267 e. The Bertz CT molecular complexity index is 63.2. The second-order valence-electron chi connectivity index (χ2n) is 1.25. The van der Waals surface area contributed by atoms with E-state index in [2.05, 4.69) is 5.43 Å². The maximum absolute atomic E-state index is 2.92. The van der Waals surface area contributed by atoms with E-state index in [9.17, 15) is 0 Å². The summed E-state index contributed by atoms with van der Waals surface area (Å²) in [5.74, 6) is 1.94. The number of rotatable bonds is 0. The molecule has 0 aromatic carbocycles. The van der Waals surface area contributed by atoms with Gasteiger partial charge in [0.25, 0.3) is 7.41 Å². The van der Waals surface area contributed by atoms with Crippen LogP contribution in [0.5, 0.6) is 0 Å². The van der Waals surface area contributed by atoms with Crippen molar-refractivity contribution in [2.75, 3.05) is 7.05 Å². The van der Waals surface area contributed by atoms with Crippen LogP contribution in [-0.2, 0) is 0 Å². The molecule has 3 heteroatoms. The third-order valence-corrected chi connectivity index (χ3v) is 0.684. The second-order valence-corrected chi connectivity index (χ2v) is 1.25. The fraction of sp³-hybridized carbons (Fsp3) is 0.333. The van der Waals surface area contributed by atoms with Crippen molar-refractivity contribution in [2.45, 2.75) is 0 Å². The third-order valence-electron chi connectivity index (χ3n) is 0.684. The summed E-state index contributed by atoms with van der Waals surface area (Å²) >= 11 is 0. The van der Waals surface area contributed by atoms with Crippen LogP contribution in [0.3, 0.4) is 0 Å². The van der Waals surface area contributed by atoms with E-state index in [1.165, 1.54) is 0 Å². The van der Waals surface area contributed by atoms with Gasteiger partial charge in [-0.2, -0.15) is 0 Å². The zero-order valence-corrected chi connectivity index (χ0v) is 3.68. The summed E-state index contributed by atoms with van der Waals surface area (Å²) in [5, 5.41) is 0. The lowest BCUT2D eigenvalue weighted by atomic mass is 9.97. The molecule has 0 aromatic heterocycles. The maximum atomic E-state index is 2.92. The fourth-order valence-electron chi connectivity index (χ4n) is 0.376. The van der Waals surface area contributed by atoms with Crippen LogP contribution in [0.4, 0.5) is 0 Å². The van der Waals surface area contributed by atoms with Gasteiger partial charge in [0.2, 0.25) is 0 Å². The van der Waals surface area contributed by atoms with Gasteiger partial charge in [-0.1, -0.05) is 5.98 Å². The molecule has 2 nitrogen and oxygen atoms in total. The summed E-state index contributed by atoms with van der Waals surface area (Å²) in [6, 6.07) is 0. The fourth-order valence-corrected chi connectivity index (χ4v) is 0.376. The van der Waals surface area contributed by atoms with Crippen molar-refractivity contribution in [1.29, 1.82) is 0 Å². The highest BCUT2D eigenvalue weighted by Gasteiger charge is 1.96. The molecule has 6 heavy (non-hydrogen) atoms. The lowest BCUT2D eigenvalue weighted by Crippen LogP contribution is -2.26. The molecular formula is C3H6BN2. The van der Waals surface area contributed by atoms with Gasteiger partial charge in [0.1, 0.15) is 0 Å². The van der Waals surface area contributed by atoms with Crippen LogP contribution in [0.25, 0.3) is 0 Å². The van der Waals surface area contributed by atoms with E-state index in [-0.39, 0.29) is 0 Å². The minimum atomic E-state index is 1.88. The first-order valence-electron chi connectivity index (χ1n) is 1.88. The Morgan fingerprint density at radius 2 is 2.67 bits per heavy atom. The average Bonchev–Trinajstić information content (AvgIpc) is 1.86.